The topological polar surface area (TPSA) is 94.4 Å². The van der Waals surface area contributed by atoms with Crippen LogP contribution >= 0.6 is 0 Å². The van der Waals surface area contributed by atoms with Gasteiger partial charge in [0.2, 0.25) is 5.95 Å². The van der Waals surface area contributed by atoms with Crippen LogP contribution in [-0.2, 0) is 16.5 Å². The minimum atomic E-state index is -0.432. The molecule has 0 bridgehead atoms. The number of ether oxygens (including phenoxy) is 2. The lowest BCUT2D eigenvalue weighted by Crippen LogP contribution is -2.45. The van der Waals surface area contributed by atoms with Crippen molar-refractivity contribution in [2.75, 3.05) is 16.8 Å². The Kier molecular flexibility index (Phi) is 6.56. The number of aryl methyl sites for hydroxylation is 1. The summed E-state index contributed by atoms with van der Waals surface area (Å²) in [7, 11) is 1.90. The molecule has 4 rings (SSSR count). The van der Waals surface area contributed by atoms with Gasteiger partial charge in [-0.05, 0) is 51.8 Å². The molecule has 1 amide bonds. The molecule has 0 saturated carbocycles. The van der Waals surface area contributed by atoms with Crippen molar-refractivity contribution >= 4 is 17.9 Å². The van der Waals surface area contributed by atoms with Crippen LogP contribution in [0.4, 0.5) is 16.6 Å². The molecule has 1 saturated heterocycles. The number of carbonyl (C=O) groups excluding carboxylic acids is 1. The molecule has 34 heavy (non-hydrogen) atoms. The largest absolute Gasteiger partial charge is 0.447 e. The second-order valence-corrected chi connectivity index (χ2v) is 9.58. The summed E-state index contributed by atoms with van der Waals surface area (Å²) in [5, 5.41) is 7.56. The minimum absolute atomic E-state index is 0.0392. The summed E-state index contributed by atoms with van der Waals surface area (Å²) in [6.45, 7) is 10.2. The van der Waals surface area contributed by atoms with E-state index in [0.29, 0.717) is 11.8 Å². The van der Waals surface area contributed by atoms with E-state index in [1.165, 1.54) is 0 Å². The van der Waals surface area contributed by atoms with Gasteiger partial charge in [-0.25, -0.2) is 9.78 Å². The molecule has 1 N–H and O–H groups in total. The monoisotopic (exact) mass is 464 g/mol. The smallest absolute Gasteiger partial charge is 0.416 e. The third-order valence-corrected chi connectivity index (χ3v) is 5.67. The molecular formula is C25H32N6O3. The molecular weight excluding hydrogens is 432 g/mol. The van der Waals surface area contributed by atoms with Crippen LogP contribution in [0.2, 0.25) is 0 Å². The predicted molar refractivity (Wildman–Crippen MR) is 131 cm³/mol. The summed E-state index contributed by atoms with van der Waals surface area (Å²) >= 11 is 0. The first-order valence-electron chi connectivity index (χ1n) is 11.4. The minimum Gasteiger partial charge on any atom is -0.447 e. The zero-order chi connectivity index (χ0) is 24.5. The Balaban J connectivity index is 1.48. The van der Waals surface area contributed by atoms with Gasteiger partial charge in [0.05, 0.1) is 23.9 Å². The molecule has 1 aliphatic heterocycles. The zero-order valence-electron chi connectivity index (χ0n) is 20.5. The SMILES string of the molecule is C[C@H](Nc1nccc(N2C(=O)OC[C@@H]2[C@@H](C)OC(C)(C)C)n1)c1ccc(-c2cnn(C)c2)cc1. The third kappa shape index (κ3) is 5.36. The summed E-state index contributed by atoms with van der Waals surface area (Å²) < 4.78 is 13.2. The number of rotatable bonds is 7. The molecule has 3 heterocycles. The van der Waals surface area contributed by atoms with Gasteiger partial charge in [0.1, 0.15) is 18.5 Å². The fourth-order valence-corrected chi connectivity index (χ4v) is 4.05. The van der Waals surface area contributed by atoms with E-state index in [1.807, 2.05) is 54.1 Å². The van der Waals surface area contributed by atoms with Crippen molar-refractivity contribution in [3.63, 3.8) is 0 Å². The number of cyclic esters (lactones) is 1. The lowest BCUT2D eigenvalue weighted by atomic mass is 10.0. The first-order chi connectivity index (χ1) is 16.1. The van der Waals surface area contributed by atoms with E-state index in [-0.39, 0.29) is 30.4 Å². The second kappa shape index (κ2) is 9.42. The summed E-state index contributed by atoms with van der Waals surface area (Å²) in [4.78, 5) is 23.0. The first-order valence-corrected chi connectivity index (χ1v) is 11.4. The second-order valence-electron chi connectivity index (χ2n) is 9.58. The Hall–Kier alpha value is -3.46. The highest BCUT2D eigenvalue weighted by Gasteiger charge is 2.40. The Morgan fingerprint density at radius 3 is 2.53 bits per heavy atom. The van der Waals surface area contributed by atoms with Gasteiger partial charge in [0, 0.05) is 25.0 Å². The van der Waals surface area contributed by atoms with Crippen molar-refractivity contribution in [1.29, 1.82) is 0 Å². The molecule has 3 atom stereocenters. The van der Waals surface area contributed by atoms with E-state index in [4.69, 9.17) is 9.47 Å². The normalized spacial score (nSPS) is 18.0. The Bertz CT molecular complexity index is 1140. The number of aromatic nitrogens is 4. The number of nitrogens with one attached hydrogen (secondary N) is 1. The molecule has 1 fully saturated rings. The van der Waals surface area contributed by atoms with Gasteiger partial charge < -0.3 is 14.8 Å². The lowest BCUT2D eigenvalue weighted by molar-refractivity contribution is -0.0618. The number of hydrogen-bond donors (Lipinski definition) is 1. The molecule has 9 nitrogen and oxygen atoms in total. The van der Waals surface area contributed by atoms with Crippen molar-refractivity contribution in [3.05, 3.63) is 54.5 Å². The molecule has 1 aliphatic rings. The maximum Gasteiger partial charge on any atom is 0.416 e. The number of hydrogen-bond acceptors (Lipinski definition) is 7. The quantitative estimate of drug-likeness (QED) is 0.547. The molecule has 1 aromatic carbocycles. The van der Waals surface area contributed by atoms with Crippen LogP contribution in [0.25, 0.3) is 11.1 Å². The summed E-state index contributed by atoms with van der Waals surface area (Å²) in [5.41, 5.74) is 2.93. The fraction of sp³-hybridized carbons (Fsp3) is 0.440. The van der Waals surface area contributed by atoms with Crippen LogP contribution in [0.3, 0.4) is 0 Å². The maximum absolute atomic E-state index is 12.5. The van der Waals surface area contributed by atoms with Gasteiger partial charge in [0.25, 0.3) is 0 Å². The van der Waals surface area contributed by atoms with Gasteiger partial charge in [0.15, 0.2) is 0 Å². The van der Waals surface area contributed by atoms with Gasteiger partial charge in [-0.3, -0.25) is 9.58 Å². The molecule has 180 valence electrons. The van der Waals surface area contributed by atoms with E-state index < -0.39 is 6.09 Å². The van der Waals surface area contributed by atoms with Crippen LogP contribution in [-0.4, -0.2) is 50.2 Å². The van der Waals surface area contributed by atoms with Crippen LogP contribution in [0.1, 0.15) is 46.2 Å². The van der Waals surface area contributed by atoms with E-state index >= 15 is 0 Å². The van der Waals surface area contributed by atoms with Crippen molar-refractivity contribution < 1.29 is 14.3 Å². The number of benzene rings is 1. The number of anilines is 2. The standard InChI is InChI=1S/C25H32N6O3/c1-16(18-7-9-19(10-8-18)20-13-27-30(6)14-20)28-23-26-12-11-22(29-23)31-21(15-33-24(31)32)17(2)34-25(3,4)5/h7-14,16-17,21H,15H2,1-6H3,(H,26,28,29)/t16-,17+,21+/m0/s1. The van der Waals surface area contributed by atoms with Gasteiger partial charge in [-0.15, -0.1) is 0 Å². The van der Waals surface area contributed by atoms with Crippen LogP contribution < -0.4 is 10.2 Å². The number of amides is 1. The van der Waals surface area contributed by atoms with E-state index in [1.54, 1.807) is 21.8 Å². The first kappa shape index (κ1) is 23.7. The van der Waals surface area contributed by atoms with Crippen LogP contribution in [0.15, 0.2) is 48.9 Å². The van der Waals surface area contributed by atoms with E-state index in [0.717, 1.165) is 16.7 Å². The summed E-state index contributed by atoms with van der Waals surface area (Å²) in [6.07, 6.45) is 4.81. The molecule has 9 heteroatoms. The van der Waals surface area contributed by atoms with Gasteiger partial charge in [-0.1, -0.05) is 24.3 Å². The highest BCUT2D eigenvalue weighted by molar-refractivity contribution is 5.89. The maximum atomic E-state index is 12.5. The Labute approximate surface area is 200 Å². The van der Waals surface area contributed by atoms with Gasteiger partial charge in [-0.2, -0.15) is 10.1 Å². The third-order valence-electron chi connectivity index (χ3n) is 5.67. The molecule has 2 aromatic heterocycles. The van der Waals surface area contributed by atoms with Crippen LogP contribution in [0, 0.1) is 0 Å². The highest BCUT2D eigenvalue weighted by Crippen LogP contribution is 2.28. The van der Waals surface area contributed by atoms with Crippen molar-refractivity contribution in [3.8, 4) is 11.1 Å². The van der Waals surface area contributed by atoms with E-state index in [2.05, 4.69) is 44.6 Å². The van der Waals surface area contributed by atoms with E-state index in [9.17, 15) is 4.79 Å². The Morgan fingerprint density at radius 1 is 1.15 bits per heavy atom. The Morgan fingerprint density at radius 2 is 1.88 bits per heavy atom. The number of nitrogens with zero attached hydrogens (tertiary/aromatic N) is 5. The molecule has 0 unspecified atom stereocenters. The van der Waals surface area contributed by atoms with Crippen molar-refractivity contribution in [2.45, 2.75) is 58.4 Å². The predicted octanol–water partition coefficient (Wildman–Crippen LogP) is 4.58. The highest BCUT2D eigenvalue weighted by atomic mass is 16.6. The molecule has 0 spiro atoms. The van der Waals surface area contributed by atoms with Crippen LogP contribution in [0.5, 0.6) is 0 Å². The lowest BCUT2D eigenvalue weighted by Gasteiger charge is -2.31. The average molecular weight is 465 g/mol. The van der Waals surface area contributed by atoms with Crippen molar-refractivity contribution in [2.24, 2.45) is 7.05 Å². The molecule has 0 radical (unpaired) electrons. The van der Waals surface area contributed by atoms with Crippen molar-refractivity contribution in [1.82, 2.24) is 19.7 Å². The van der Waals surface area contributed by atoms with Gasteiger partial charge >= 0.3 is 6.09 Å². The molecule has 3 aromatic rings. The number of carbonyl (C=O) groups is 1. The zero-order valence-corrected chi connectivity index (χ0v) is 20.5. The fourth-order valence-electron chi connectivity index (χ4n) is 4.05. The average Bonchev–Trinajstić information content (AvgIpc) is 3.38. The summed E-state index contributed by atoms with van der Waals surface area (Å²) in [6, 6.07) is 9.69. The molecule has 0 aliphatic carbocycles. The summed E-state index contributed by atoms with van der Waals surface area (Å²) in [5.74, 6) is 0.915.